The highest BCUT2D eigenvalue weighted by Crippen LogP contribution is 2.34. The van der Waals surface area contributed by atoms with Gasteiger partial charge in [-0.3, -0.25) is 9.59 Å². The van der Waals surface area contributed by atoms with Crippen molar-refractivity contribution in [1.29, 1.82) is 0 Å². The lowest BCUT2D eigenvalue weighted by Gasteiger charge is -2.16. The summed E-state index contributed by atoms with van der Waals surface area (Å²) >= 11 is 0. The van der Waals surface area contributed by atoms with Gasteiger partial charge in [-0.1, -0.05) is 6.07 Å². The summed E-state index contributed by atoms with van der Waals surface area (Å²) < 4.78 is 37.1. The van der Waals surface area contributed by atoms with E-state index in [4.69, 9.17) is 9.47 Å². The lowest BCUT2D eigenvalue weighted by atomic mass is 10.1. The number of rotatable bonds is 6. The van der Waals surface area contributed by atoms with Gasteiger partial charge in [-0.05, 0) is 30.7 Å². The average molecular weight is 407 g/mol. The molecule has 0 bridgehead atoms. The second kappa shape index (κ2) is 7.64. The predicted octanol–water partition coefficient (Wildman–Crippen LogP) is 0.705. The number of ether oxygens (including phenoxy) is 2. The quantitative estimate of drug-likeness (QED) is 0.756. The minimum Gasteiger partial charge on any atom is -0.454 e. The van der Waals surface area contributed by atoms with Gasteiger partial charge in [0.25, 0.3) is 5.56 Å². The van der Waals surface area contributed by atoms with Crippen LogP contribution in [0.3, 0.4) is 0 Å². The third-order valence-electron chi connectivity index (χ3n) is 4.32. The Balaban J connectivity index is 1.73. The van der Waals surface area contributed by atoms with Crippen molar-refractivity contribution in [2.75, 3.05) is 20.9 Å². The number of hydrogen-bond donors (Lipinski definition) is 1. The summed E-state index contributed by atoms with van der Waals surface area (Å²) in [4.78, 5) is 24.4. The molecule has 1 aromatic heterocycles. The number of carbonyl (C=O) groups excluding carboxylic acids is 1. The first-order valence-corrected chi connectivity index (χ1v) is 9.94. The van der Waals surface area contributed by atoms with Gasteiger partial charge >= 0.3 is 0 Å². The van der Waals surface area contributed by atoms with Crippen molar-refractivity contribution >= 4 is 15.9 Å². The van der Waals surface area contributed by atoms with Crippen LogP contribution in [0.4, 0.5) is 0 Å². The van der Waals surface area contributed by atoms with Crippen LogP contribution in [0.2, 0.25) is 0 Å². The van der Waals surface area contributed by atoms with Gasteiger partial charge in [-0.25, -0.2) is 12.7 Å². The van der Waals surface area contributed by atoms with E-state index in [-0.39, 0.29) is 24.3 Å². The van der Waals surface area contributed by atoms with E-state index >= 15 is 0 Å². The van der Waals surface area contributed by atoms with E-state index in [1.54, 1.807) is 19.1 Å². The van der Waals surface area contributed by atoms with Crippen LogP contribution in [0.15, 0.2) is 46.2 Å². The summed E-state index contributed by atoms with van der Waals surface area (Å²) in [5.41, 5.74) is 0.345. The first kappa shape index (κ1) is 19.9. The van der Waals surface area contributed by atoms with Crippen LogP contribution in [0.25, 0.3) is 0 Å². The van der Waals surface area contributed by atoms with Gasteiger partial charge in [0.1, 0.15) is 6.54 Å². The van der Waals surface area contributed by atoms with Crippen LogP contribution in [0.1, 0.15) is 18.5 Å². The molecule has 150 valence electrons. The van der Waals surface area contributed by atoms with Gasteiger partial charge in [0.05, 0.1) is 10.9 Å². The Labute approximate surface area is 162 Å². The number of carbonyl (C=O) groups is 1. The maximum absolute atomic E-state index is 12.4. The highest BCUT2D eigenvalue weighted by Gasteiger charge is 2.20. The minimum atomic E-state index is -3.71. The molecular formula is C18H21N3O6S. The Morgan fingerprint density at radius 1 is 1.21 bits per heavy atom. The summed E-state index contributed by atoms with van der Waals surface area (Å²) in [5, 5.41) is 2.79. The number of aromatic nitrogens is 1. The van der Waals surface area contributed by atoms with Crippen molar-refractivity contribution in [1.82, 2.24) is 14.2 Å². The molecule has 0 unspecified atom stereocenters. The molecule has 1 amide bonds. The van der Waals surface area contributed by atoms with Gasteiger partial charge < -0.3 is 19.4 Å². The summed E-state index contributed by atoms with van der Waals surface area (Å²) in [5.74, 6) is 0.829. The van der Waals surface area contributed by atoms with Crippen LogP contribution in [0.5, 0.6) is 11.5 Å². The highest BCUT2D eigenvalue weighted by atomic mass is 32.2. The molecule has 2 heterocycles. The average Bonchev–Trinajstić information content (AvgIpc) is 3.10. The number of amides is 1. The summed E-state index contributed by atoms with van der Waals surface area (Å²) in [6, 6.07) is 7.37. The van der Waals surface area contributed by atoms with Crippen molar-refractivity contribution in [3.63, 3.8) is 0 Å². The van der Waals surface area contributed by atoms with Crippen molar-refractivity contribution in [2.45, 2.75) is 24.4 Å². The normalized spacial score (nSPS) is 14.1. The molecule has 0 saturated heterocycles. The van der Waals surface area contributed by atoms with Crippen molar-refractivity contribution in [3.8, 4) is 11.5 Å². The molecule has 1 aliphatic rings. The molecule has 1 atom stereocenters. The van der Waals surface area contributed by atoms with Crippen LogP contribution in [-0.4, -0.2) is 44.1 Å². The second-order valence-corrected chi connectivity index (χ2v) is 8.67. The fourth-order valence-corrected chi connectivity index (χ4v) is 3.63. The molecule has 3 rings (SSSR count). The Hall–Kier alpha value is -2.85. The fourth-order valence-electron chi connectivity index (χ4n) is 2.70. The van der Waals surface area contributed by atoms with Crippen molar-refractivity contribution in [2.24, 2.45) is 0 Å². The monoisotopic (exact) mass is 407 g/mol. The van der Waals surface area contributed by atoms with Crippen molar-refractivity contribution in [3.05, 3.63) is 52.4 Å². The van der Waals surface area contributed by atoms with E-state index in [0.29, 0.717) is 11.5 Å². The number of benzene rings is 1. The number of nitrogens with one attached hydrogen (secondary N) is 1. The molecule has 1 aromatic carbocycles. The van der Waals surface area contributed by atoms with E-state index in [0.717, 1.165) is 20.5 Å². The largest absolute Gasteiger partial charge is 0.454 e. The molecule has 0 fully saturated rings. The Bertz CT molecular complexity index is 1060. The molecule has 28 heavy (non-hydrogen) atoms. The molecular weight excluding hydrogens is 386 g/mol. The Morgan fingerprint density at radius 2 is 1.93 bits per heavy atom. The van der Waals surface area contributed by atoms with Crippen LogP contribution in [-0.2, 0) is 21.4 Å². The van der Waals surface area contributed by atoms with Crippen LogP contribution < -0.4 is 20.3 Å². The molecule has 1 N–H and O–H groups in total. The maximum Gasteiger partial charge on any atom is 0.251 e. The SMILES string of the molecule is C[C@H](NC(=O)Cn1cc(S(=O)(=O)N(C)C)ccc1=O)c1ccc2c(c1)OCO2. The number of fused-ring (bicyclic) bond motifs is 1. The molecule has 2 aromatic rings. The third-order valence-corrected chi connectivity index (χ3v) is 6.12. The number of hydrogen-bond acceptors (Lipinski definition) is 6. The van der Waals surface area contributed by atoms with Crippen LogP contribution in [0, 0.1) is 0 Å². The molecule has 1 aliphatic heterocycles. The van der Waals surface area contributed by atoms with Gasteiger partial charge in [-0.2, -0.15) is 0 Å². The fraction of sp³-hybridized carbons (Fsp3) is 0.333. The van der Waals surface area contributed by atoms with E-state index in [1.807, 2.05) is 6.07 Å². The number of sulfonamides is 1. The highest BCUT2D eigenvalue weighted by molar-refractivity contribution is 7.89. The van der Waals surface area contributed by atoms with Gasteiger partial charge in [0, 0.05) is 26.4 Å². The standard InChI is InChI=1S/C18H21N3O6S/c1-12(13-4-6-15-16(8-13)27-11-26-15)19-17(22)10-21-9-14(5-7-18(21)23)28(24,25)20(2)3/h4-9,12H,10-11H2,1-3H3,(H,19,22)/t12-/m0/s1. The second-order valence-electron chi connectivity index (χ2n) is 6.52. The van der Waals surface area contributed by atoms with E-state index in [1.165, 1.54) is 26.4 Å². The number of nitrogens with zero attached hydrogens (tertiary/aromatic N) is 2. The zero-order valence-electron chi connectivity index (χ0n) is 15.7. The van der Waals surface area contributed by atoms with E-state index in [9.17, 15) is 18.0 Å². The summed E-state index contributed by atoms with van der Waals surface area (Å²) in [7, 11) is -0.921. The zero-order chi connectivity index (χ0) is 20.5. The molecule has 10 heteroatoms. The molecule has 9 nitrogen and oxygen atoms in total. The lowest BCUT2D eigenvalue weighted by molar-refractivity contribution is -0.122. The molecule has 0 spiro atoms. The third kappa shape index (κ3) is 4.02. The topological polar surface area (TPSA) is 107 Å². The van der Waals surface area contributed by atoms with E-state index in [2.05, 4.69) is 5.32 Å². The Morgan fingerprint density at radius 3 is 2.64 bits per heavy atom. The first-order chi connectivity index (χ1) is 13.2. The summed E-state index contributed by atoms with van der Waals surface area (Å²) in [6.45, 7) is 1.66. The van der Waals surface area contributed by atoms with Crippen molar-refractivity contribution < 1.29 is 22.7 Å². The van der Waals surface area contributed by atoms with Gasteiger partial charge in [0.2, 0.25) is 22.7 Å². The zero-order valence-corrected chi connectivity index (χ0v) is 16.5. The molecule has 0 aliphatic carbocycles. The van der Waals surface area contributed by atoms with E-state index < -0.39 is 21.5 Å². The first-order valence-electron chi connectivity index (χ1n) is 8.50. The lowest BCUT2D eigenvalue weighted by Crippen LogP contribution is -2.34. The molecule has 0 radical (unpaired) electrons. The Kier molecular flexibility index (Phi) is 5.43. The number of pyridine rings is 1. The maximum atomic E-state index is 12.4. The van der Waals surface area contributed by atoms with Gasteiger partial charge in [-0.15, -0.1) is 0 Å². The smallest absolute Gasteiger partial charge is 0.251 e. The predicted molar refractivity (Wildman–Crippen MR) is 101 cm³/mol. The minimum absolute atomic E-state index is 0.0614. The molecule has 0 saturated carbocycles. The summed E-state index contributed by atoms with van der Waals surface area (Å²) in [6.07, 6.45) is 1.17. The van der Waals surface area contributed by atoms with Crippen LogP contribution >= 0.6 is 0 Å². The van der Waals surface area contributed by atoms with Gasteiger partial charge in [0.15, 0.2) is 11.5 Å².